The SMILES string of the molecule is CCCC[C@@H](c1cc(C(F)(F)F)ccc1Cl)N1CCNCC1.Cl.Cl. The van der Waals surface area contributed by atoms with Gasteiger partial charge in [0.05, 0.1) is 5.56 Å². The van der Waals surface area contributed by atoms with Crippen LogP contribution in [0.4, 0.5) is 13.2 Å². The summed E-state index contributed by atoms with van der Waals surface area (Å²) >= 11 is 6.23. The summed E-state index contributed by atoms with van der Waals surface area (Å²) in [5.74, 6) is 0. The van der Waals surface area contributed by atoms with Crippen molar-refractivity contribution in [2.45, 2.75) is 38.4 Å². The smallest absolute Gasteiger partial charge is 0.314 e. The van der Waals surface area contributed by atoms with Crippen LogP contribution in [0.3, 0.4) is 0 Å². The summed E-state index contributed by atoms with van der Waals surface area (Å²) in [4.78, 5) is 2.24. The number of halogens is 6. The Balaban J connectivity index is 0.00000264. The van der Waals surface area contributed by atoms with E-state index in [1.54, 1.807) is 0 Å². The van der Waals surface area contributed by atoms with Gasteiger partial charge in [0.15, 0.2) is 0 Å². The Labute approximate surface area is 158 Å². The van der Waals surface area contributed by atoms with Crippen molar-refractivity contribution in [1.82, 2.24) is 10.2 Å². The third kappa shape index (κ3) is 6.26. The number of nitrogens with one attached hydrogen (secondary N) is 1. The Morgan fingerprint density at radius 3 is 2.38 bits per heavy atom. The van der Waals surface area contributed by atoms with Gasteiger partial charge < -0.3 is 5.32 Å². The number of hydrogen-bond acceptors (Lipinski definition) is 2. The zero-order valence-corrected chi connectivity index (χ0v) is 15.9. The van der Waals surface area contributed by atoms with Crippen molar-refractivity contribution in [3.63, 3.8) is 0 Å². The lowest BCUT2D eigenvalue weighted by Crippen LogP contribution is -2.45. The molecule has 0 aromatic heterocycles. The highest BCUT2D eigenvalue weighted by molar-refractivity contribution is 6.31. The van der Waals surface area contributed by atoms with Gasteiger partial charge in [-0.2, -0.15) is 13.2 Å². The van der Waals surface area contributed by atoms with Gasteiger partial charge in [-0.05, 0) is 30.2 Å². The molecule has 8 heteroatoms. The summed E-state index contributed by atoms with van der Waals surface area (Å²) in [6, 6.07) is 3.61. The fourth-order valence-electron chi connectivity index (χ4n) is 2.90. The fraction of sp³-hybridized carbons (Fsp3) is 0.625. The Kier molecular flexibility index (Phi) is 10.6. The summed E-state index contributed by atoms with van der Waals surface area (Å²) in [5.41, 5.74) is -0.0182. The van der Waals surface area contributed by atoms with Crippen LogP contribution in [0.2, 0.25) is 5.02 Å². The summed E-state index contributed by atoms with van der Waals surface area (Å²) in [7, 11) is 0. The van der Waals surface area contributed by atoms with Crippen molar-refractivity contribution in [3.05, 3.63) is 34.3 Å². The average molecular weight is 408 g/mol. The Morgan fingerprint density at radius 1 is 1.21 bits per heavy atom. The number of piperazine rings is 1. The first-order valence-corrected chi connectivity index (χ1v) is 8.12. The molecule has 1 fully saturated rings. The Hall–Kier alpha value is -0.200. The zero-order valence-electron chi connectivity index (χ0n) is 13.5. The predicted octanol–water partition coefficient (Wildman–Crippen LogP) is 5.34. The second-order valence-electron chi connectivity index (χ2n) is 5.68. The molecule has 2 rings (SSSR count). The maximum absolute atomic E-state index is 13.0. The molecule has 1 N–H and O–H groups in total. The first kappa shape index (κ1) is 23.8. The molecule has 0 aliphatic carbocycles. The van der Waals surface area contributed by atoms with Crippen LogP contribution in [0, 0.1) is 0 Å². The van der Waals surface area contributed by atoms with Gasteiger partial charge in [0.25, 0.3) is 0 Å². The minimum absolute atomic E-state index is 0. The minimum Gasteiger partial charge on any atom is -0.314 e. The maximum atomic E-state index is 13.0. The maximum Gasteiger partial charge on any atom is 0.416 e. The summed E-state index contributed by atoms with van der Waals surface area (Å²) in [6.45, 7) is 5.48. The number of benzene rings is 1. The summed E-state index contributed by atoms with van der Waals surface area (Å²) < 4.78 is 39.0. The molecule has 1 aliphatic heterocycles. The molecule has 0 radical (unpaired) electrons. The summed E-state index contributed by atoms with van der Waals surface area (Å²) in [5, 5.41) is 3.70. The van der Waals surface area contributed by atoms with E-state index >= 15 is 0 Å². The van der Waals surface area contributed by atoms with E-state index in [9.17, 15) is 13.2 Å². The van der Waals surface area contributed by atoms with Gasteiger partial charge in [-0.25, -0.2) is 0 Å². The van der Waals surface area contributed by atoms with Crippen LogP contribution >= 0.6 is 36.4 Å². The van der Waals surface area contributed by atoms with Crippen LogP contribution in [0.1, 0.15) is 43.4 Å². The molecule has 1 aromatic carbocycles. The van der Waals surface area contributed by atoms with E-state index in [0.29, 0.717) is 10.6 Å². The van der Waals surface area contributed by atoms with Gasteiger partial charge in [0.1, 0.15) is 0 Å². The molecule has 2 nitrogen and oxygen atoms in total. The molecular weight excluding hydrogens is 384 g/mol. The molecule has 0 unspecified atom stereocenters. The van der Waals surface area contributed by atoms with Crippen LogP contribution in [-0.4, -0.2) is 31.1 Å². The standard InChI is InChI=1S/C16H22ClF3N2.2ClH/c1-2-3-4-15(22-9-7-21-8-10-22)13-11-12(16(18,19)20)5-6-14(13)17;;/h5-6,11,15,21H,2-4,7-10H2,1H3;2*1H/t15-;;/m0../s1. The molecule has 0 saturated carbocycles. The largest absolute Gasteiger partial charge is 0.416 e. The number of alkyl halides is 3. The third-order valence-corrected chi connectivity index (χ3v) is 4.45. The molecule has 0 bridgehead atoms. The quantitative estimate of drug-likeness (QED) is 0.709. The van der Waals surface area contributed by atoms with Crippen LogP contribution in [0.25, 0.3) is 0 Å². The highest BCUT2D eigenvalue weighted by Crippen LogP contribution is 2.37. The molecule has 24 heavy (non-hydrogen) atoms. The topological polar surface area (TPSA) is 15.3 Å². The van der Waals surface area contributed by atoms with Crippen LogP contribution < -0.4 is 5.32 Å². The molecule has 0 amide bonds. The molecule has 1 saturated heterocycles. The van der Waals surface area contributed by atoms with E-state index in [4.69, 9.17) is 11.6 Å². The average Bonchev–Trinajstić information content (AvgIpc) is 2.49. The van der Waals surface area contributed by atoms with Crippen molar-refractivity contribution < 1.29 is 13.2 Å². The number of hydrogen-bond donors (Lipinski definition) is 1. The predicted molar refractivity (Wildman–Crippen MR) is 97.7 cm³/mol. The second kappa shape index (κ2) is 10.7. The van der Waals surface area contributed by atoms with Crippen LogP contribution in [0.5, 0.6) is 0 Å². The molecule has 1 atom stereocenters. The van der Waals surface area contributed by atoms with E-state index in [0.717, 1.165) is 51.5 Å². The minimum atomic E-state index is -4.34. The van der Waals surface area contributed by atoms with Crippen molar-refractivity contribution in [2.24, 2.45) is 0 Å². The van der Waals surface area contributed by atoms with Crippen molar-refractivity contribution in [3.8, 4) is 0 Å². The van der Waals surface area contributed by atoms with Gasteiger partial charge in [-0.3, -0.25) is 4.90 Å². The lowest BCUT2D eigenvalue weighted by Gasteiger charge is -2.36. The van der Waals surface area contributed by atoms with E-state index in [-0.39, 0.29) is 30.9 Å². The molecule has 1 heterocycles. The van der Waals surface area contributed by atoms with E-state index in [1.165, 1.54) is 12.1 Å². The van der Waals surface area contributed by atoms with Gasteiger partial charge in [-0.15, -0.1) is 24.8 Å². The molecule has 1 aliphatic rings. The third-order valence-electron chi connectivity index (χ3n) is 4.11. The van der Waals surface area contributed by atoms with Crippen molar-refractivity contribution in [1.29, 1.82) is 0 Å². The van der Waals surface area contributed by atoms with Gasteiger partial charge in [0, 0.05) is 37.2 Å². The van der Waals surface area contributed by atoms with E-state index in [2.05, 4.69) is 17.1 Å². The summed E-state index contributed by atoms with van der Waals surface area (Å²) in [6.07, 6.45) is -1.52. The highest BCUT2D eigenvalue weighted by Gasteiger charge is 2.32. The molecule has 1 aromatic rings. The lowest BCUT2D eigenvalue weighted by molar-refractivity contribution is -0.137. The van der Waals surface area contributed by atoms with Gasteiger partial charge >= 0.3 is 6.18 Å². The van der Waals surface area contributed by atoms with E-state index < -0.39 is 11.7 Å². The van der Waals surface area contributed by atoms with Crippen molar-refractivity contribution >= 4 is 36.4 Å². The number of unbranched alkanes of at least 4 members (excludes halogenated alkanes) is 1. The number of rotatable bonds is 5. The van der Waals surface area contributed by atoms with Crippen molar-refractivity contribution in [2.75, 3.05) is 26.2 Å². The Morgan fingerprint density at radius 2 is 1.83 bits per heavy atom. The molecule has 140 valence electrons. The zero-order chi connectivity index (χ0) is 16.2. The van der Waals surface area contributed by atoms with E-state index in [1.807, 2.05) is 0 Å². The van der Waals surface area contributed by atoms with Gasteiger partial charge in [0.2, 0.25) is 0 Å². The molecular formula is C16H24Cl3F3N2. The van der Waals surface area contributed by atoms with Crippen LogP contribution in [0.15, 0.2) is 18.2 Å². The van der Waals surface area contributed by atoms with Crippen LogP contribution in [-0.2, 0) is 6.18 Å². The first-order valence-electron chi connectivity index (χ1n) is 7.75. The monoisotopic (exact) mass is 406 g/mol. The fourth-order valence-corrected chi connectivity index (χ4v) is 3.14. The number of nitrogens with zero attached hydrogens (tertiary/aromatic N) is 1. The van der Waals surface area contributed by atoms with Gasteiger partial charge in [-0.1, -0.05) is 31.4 Å². The Bertz CT molecular complexity index is 492. The first-order chi connectivity index (χ1) is 10.4. The second-order valence-corrected chi connectivity index (χ2v) is 6.09. The normalized spacial score (nSPS) is 16.9. The molecule has 0 spiro atoms. The lowest BCUT2D eigenvalue weighted by atomic mass is 9.96. The highest BCUT2D eigenvalue weighted by atomic mass is 35.5.